The minimum Gasteiger partial charge on any atom is -0.369 e. The molecule has 110 valence electrons. The average molecular weight is 293 g/mol. The standard InChI is InChI=1S/C17H25ClN2/c1-12-3-4-13(2)20(11-12)16-8-5-14(17(18)9-16)10-19-15-6-7-15/h5,8-9,12-13,15,19H,3-4,6-7,10-11H2,1-2H3. The Labute approximate surface area is 127 Å². The van der Waals surface area contributed by atoms with Crippen molar-refractivity contribution in [2.24, 2.45) is 5.92 Å². The van der Waals surface area contributed by atoms with Gasteiger partial charge in [-0.25, -0.2) is 0 Å². The second-order valence-electron chi connectivity index (χ2n) is 6.61. The molecule has 20 heavy (non-hydrogen) atoms. The van der Waals surface area contributed by atoms with Crippen molar-refractivity contribution in [3.8, 4) is 0 Å². The van der Waals surface area contributed by atoms with E-state index in [1.54, 1.807) is 0 Å². The predicted octanol–water partition coefficient (Wildman–Crippen LogP) is 4.22. The molecule has 2 aliphatic rings. The van der Waals surface area contributed by atoms with Crippen molar-refractivity contribution in [3.63, 3.8) is 0 Å². The topological polar surface area (TPSA) is 15.3 Å². The summed E-state index contributed by atoms with van der Waals surface area (Å²) in [6, 6.07) is 7.94. The highest BCUT2D eigenvalue weighted by Gasteiger charge is 2.24. The van der Waals surface area contributed by atoms with E-state index < -0.39 is 0 Å². The molecule has 1 saturated carbocycles. The quantitative estimate of drug-likeness (QED) is 0.894. The normalized spacial score (nSPS) is 26.9. The molecule has 0 spiro atoms. The Morgan fingerprint density at radius 3 is 2.70 bits per heavy atom. The maximum absolute atomic E-state index is 6.47. The number of nitrogens with zero attached hydrogens (tertiary/aromatic N) is 1. The molecule has 2 unspecified atom stereocenters. The van der Waals surface area contributed by atoms with Crippen molar-refractivity contribution in [3.05, 3.63) is 28.8 Å². The number of anilines is 1. The van der Waals surface area contributed by atoms with Crippen LogP contribution in [0.4, 0.5) is 5.69 Å². The highest BCUT2D eigenvalue weighted by Crippen LogP contribution is 2.31. The molecule has 1 heterocycles. The molecule has 1 saturated heterocycles. The van der Waals surface area contributed by atoms with Gasteiger partial charge in [0, 0.05) is 35.9 Å². The maximum Gasteiger partial charge on any atom is 0.0471 e. The molecule has 0 radical (unpaired) electrons. The van der Waals surface area contributed by atoms with Crippen molar-refractivity contribution in [2.75, 3.05) is 11.4 Å². The molecule has 1 N–H and O–H groups in total. The highest BCUT2D eigenvalue weighted by molar-refractivity contribution is 6.31. The monoisotopic (exact) mass is 292 g/mol. The molecule has 3 heteroatoms. The lowest BCUT2D eigenvalue weighted by Crippen LogP contribution is -2.41. The molecule has 0 aromatic heterocycles. The number of piperidine rings is 1. The number of benzene rings is 1. The van der Waals surface area contributed by atoms with E-state index in [1.165, 1.54) is 36.9 Å². The highest BCUT2D eigenvalue weighted by atomic mass is 35.5. The van der Waals surface area contributed by atoms with E-state index in [0.29, 0.717) is 6.04 Å². The number of hydrogen-bond donors (Lipinski definition) is 1. The van der Waals surface area contributed by atoms with Crippen molar-refractivity contribution in [2.45, 2.75) is 58.2 Å². The van der Waals surface area contributed by atoms with E-state index in [4.69, 9.17) is 11.6 Å². The fourth-order valence-electron chi connectivity index (χ4n) is 3.05. The van der Waals surface area contributed by atoms with E-state index in [2.05, 4.69) is 42.3 Å². The van der Waals surface area contributed by atoms with Crippen molar-refractivity contribution >= 4 is 17.3 Å². The van der Waals surface area contributed by atoms with Crippen LogP contribution in [-0.4, -0.2) is 18.6 Å². The zero-order valence-corrected chi connectivity index (χ0v) is 13.3. The van der Waals surface area contributed by atoms with Crippen LogP contribution in [-0.2, 0) is 6.54 Å². The first-order chi connectivity index (χ1) is 9.63. The lowest BCUT2D eigenvalue weighted by atomic mass is 9.94. The first-order valence-electron chi connectivity index (χ1n) is 7.92. The molecule has 2 fully saturated rings. The number of halogens is 1. The zero-order valence-electron chi connectivity index (χ0n) is 12.5. The average Bonchev–Trinajstić information content (AvgIpc) is 3.24. The summed E-state index contributed by atoms with van der Waals surface area (Å²) in [4.78, 5) is 2.51. The molecular weight excluding hydrogens is 268 g/mol. The molecule has 0 bridgehead atoms. The maximum atomic E-state index is 6.47. The van der Waals surface area contributed by atoms with Crippen LogP contribution in [0.5, 0.6) is 0 Å². The molecule has 0 amide bonds. The van der Waals surface area contributed by atoms with Crippen molar-refractivity contribution in [1.29, 1.82) is 0 Å². The number of hydrogen-bond acceptors (Lipinski definition) is 2. The van der Waals surface area contributed by atoms with E-state index >= 15 is 0 Å². The van der Waals surface area contributed by atoms with Crippen LogP contribution in [0.15, 0.2) is 18.2 Å². The van der Waals surface area contributed by atoms with Crippen LogP contribution >= 0.6 is 11.6 Å². The molecular formula is C17H25ClN2. The lowest BCUT2D eigenvalue weighted by molar-refractivity contribution is 0.390. The largest absolute Gasteiger partial charge is 0.369 e. The third-order valence-electron chi connectivity index (χ3n) is 4.64. The smallest absolute Gasteiger partial charge is 0.0471 e. The van der Waals surface area contributed by atoms with Gasteiger partial charge in [0.1, 0.15) is 0 Å². The molecule has 3 rings (SSSR count). The summed E-state index contributed by atoms with van der Waals surface area (Å²) in [6.07, 6.45) is 5.26. The Morgan fingerprint density at radius 2 is 2.00 bits per heavy atom. The Morgan fingerprint density at radius 1 is 1.20 bits per heavy atom. The van der Waals surface area contributed by atoms with Gasteiger partial charge >= 0.3 is 0 Å². The lowest BCUT2D eigenvalue weighted by Gasteiger charge is -2.38. The van der Waals surface area contributed by atoms with E-state index in [0.717, 1.165) is 30.1 Å². The first kappa shape index (κ1) is 14.2. The molecule has 1 aromatic carbocycles. The van der Waals surface area contributed by atoms with Gasteiger partial charge in [-0.3, -0.25) is 0 Å². The summed E-state index contributed by atoms with van der Waals surface area (Å²) in [5.41, 5.74) is 2.50. The van der Waals surface area contributed by atoms with Crippen LogP contribution in [0.2, 0.25) is 5.02 Å². The van der Waals surface area contributed by atoms with Gasteiger partial charge < -0.3 is 10.2 Å². The summed E-state index contributed by atoms with van der Waals surface area (Å²) >= 11 is 6.47. The molecule has 2 nitrogen and oxygen atoms in total. The van der Waals surface area contributed by atoms with Crippen LogP contribution in [0.1, 0.15) is 45.1 Å². The van der Waals surface area contributed by atoms with Gasteiger partial charge in [0.2, 0.25) is 0 Å². The zero-order chi connectivity index (χ0) is 14.1. The van der Waals surface area contributed by atoms with Crippen LogP contribution in [0.25, 0.3) is 0 Å². The molecule has 2 atom stereocenters. The second kappa shape index (κ2) is 5.95. The molecule has 1 aromatic rings. The van der Waals surface area contributed by atoms with Crippen LogP contribution in [0.3, 0.4) is 0 Å². The van der Waals surface area contributed by atoms with Gasteiger partial charge in [-0.2, -0.15) is 0 Å². The van der Waals surface area contributed by atoms with E-state index in [1.807, 2.05) is 0 Å². The summed E-state index contributed by atoms with van der Waals surface area (Å²) in [5.74, 6) is 0.779. The van der Waals surface area contributed by atoms with Crippen LogP contribution < -0.4 is 10.2 Å². The van der Waals surface area contributed by atoms with Gasteiger partial charge in [-0.05, 0) is 56.2 Å². The fraction of sp³-hybridized carbons (Fsp3) is 0.647. The van der Waals surface area contributed by atoms with Crippen molar-refractivity contribution < 1.29 is 0 Å². The third-order valence-corrected chi connectivity index (χ3v) is 5.00. The van der Waals surface area contributed by atoms with E-state index in [-0.39, 0.29) is 0 Å². The number of nitrogens with one attached hydrogen (secondary N) is 1. The van der Waals surface area contributed by atoms with Gasteiger partial charge in [-0.1, -0.05) is 24.6 Å². The van der Waals surface area contributed by atoms with Gasteiger partial charge in [0.25, 0.3) is 0 Å². The van der Waals surface area contributed by atoms with Crippen LogP contribution in [0, 0.1) is 5.92 Å². The Hall–Kier alpha value is -0.730. The summed E-state index contributed by atoms with van der Waals surface area (Å²) in [7, 11) is 0. The van der Waals surface area contributed by atoms with Gasteiger partial charge in [0.05, 0.1) is 0 Å². The Kier molecular flexibility index (Phi) is 4.23. The van der Waals surface area contributed by atoms with Gasteiger partial charge in [-0.15, -0.1) is 0 Å². The summed E-state index contributed by atoms with van der Waals surface area (Å²) in [5, 5.41) is 4.43. The predicted molar refractivity (Wildman–Crippen MR) is 86.5 cm³/mol. The number of rotatable bonds is 4. The summed E-state index contributed by atoms with van der Waals surface area (Å²) < 4.78 is 0. The Bertz CT molecular complexity index is 470. The fourth-order valence-corrected chi connectivity index (χ4v) is 3.29. The van der Waals surface area contributed by atoms with E-state index in [9.17, 15) is 0 Å². The summed E-state index contributed by atoms with van der Waals surface area (Å²) in [6.45, 7) is 6.71. The molecule has 1 aliphatic heterocycles. The molecule has 1 aliphatic carbocycles. The SMILES string of the molecule is CC1CCC(C)N(c2ccc(CNC3CC3)c(Cl)c2)C1. The van der Waals surface area contributed by atoms with Crippen molar-refractivity contribution in [1.82, 2.24) is 5.32 Å². The Balaban J connectivity index is 1.71. The minimum absolute atomic E-state index is 0.623. The van der Waals surface area contributed by atoms with Gasteiger partial charge in [0.15, 0.2) is 0 Å². The minimum atomic E-state index is 0.623. The third kappa shape index (κ3) is 3.29. The second-order valence-corrected chi connectivity index (χ2v) is 7.02. The first-order valence-corrected chi connectivity index (χ1v) is 8.29.